The Morgan fingerprint density at radius 1 is 1.18 bits per heavy atom. The van der Waals surface area contributed by atoms with Gasteiger partial charge in [0, 0.05) is 0 Å². The van der Waals surface area contributed by atoms with E-state index in [4.69, 9.17) is 0 Å². The maximum atomic E-state index is 4.19. The van der Waals surface area contributed by atoms with Gasteiger partial charge < -0.3 is 5.32 Å². The Hall–Kier alpha value is -0.900. The molecule has 0 aliphatic rings. The van der Waals surface area contributed by atoms with Gasteiger partial charge in [-0.2, -0.15) is 15.4 Å². The Labute approximate surface area is 105 Å². The first-order valence-electron chi connectivity index (χ1n) is 6.97. The Morgan fingerprint density at radius 2 is 2.00 bits per heavy atom. The van der Waals surface area contributed by atoms with Crippen LogP contribution in [0.15, 0.2) is 6.20 Å². The first-order valence-corrected chi connectivity index (χ1v) is 6.97. The summed E-state index contributed by atoms with van der Waals surface area (Å²) in [5.41, 5.74) is 1.05. The summed E-state index contributed by atoms with van der Waals surface area (Å²) < 4.78 is 0. The molecule has 0 spiro atoms. The van der Waals surface area contributed by atoms with E-state index in [9.17, 15) is 0 Å². The van der Waals surface area contributed by atoms with Crippen LogP contribution < -0.4 is 5.32 Å². The molecule has 0 aliphatic heterocycles. The number of H-pyrrole nitrogens is 1. The summed E-state index contributed by atoms with van der Waals surface area (Å²) in [6, 6.07) is 0.371. The molecule has 0 saturated carbocycles. The quantitative estimate of drug-likeness (QED) is 0.615. The molecular formula is C13H26N4. The van der Waals surface area contributed by atoms with Gasteiger partial charge >= 0.3 is 0 Å². The van der Waals surface area contributed by atoms with Crippen LogP contribution in [0.1, 0.15) is 70.5 Å². The summed E-state index contributed by atoms with van der Waals surface area (Å²) in [6.07, 6.45) is 10.8. The number of nitrogens with zero attached hydrogens (tertiary/aromatic N) is 2. The van der Waals surface area contributed by atoms with E-state index in [0.717, 1.165) is 25.1 Å². The Balaban J connectivity index is 2.26. The average molecular weight is 238 g/mol. The minimum Gasteiger partial charge on any atom is -0.309 e. The molecule has 0 radical (unpaired) electrons. The topological polar surface area (TPSA) is 53.6 Å². The van der Waals surface area contributed by atoms with Gasteiger partial charge in [-0.15, -0.1) is 0 Å². The molecule has 4 nitrogen and oxygen atoms in total. The molecule has 98 valence electrons. The monoisotopic (exact) mass is 238 g/mol. The third kappa shape index (κ3) is 5.82. The fourth-order valence-electron chi connectivity index (χ4n) is 2.00. The molecule has 0 aliphatic carbocycles. The summed E-state index contributed by atoms with van der Waals surface area (Å²) in [6.45, 7) is 5.49. The average Bonchev–Trinajstić information content (AvgIpc) is 2.86. The molecule has 0 saturated heterocycles. The fraction of sp³-hybridized carbons (Fsp3) is 0.846. The van der Waals surface area contributed by atoms with Crippen molar-refractivity contribution < 1.29 is 0 Å². The molecule has 1 rings (SSSR count). The van der Waals surface area contributed by atoms with Gasteiger partial charge in [0.05, 0.1) is 17.9 Å². The highest BCUT2D eigenvalue weighted by Gasteiger charge is 2.12. The molecule has 1 heterocycles. The molecule has 17 heavy (non-hydrogen) atoms. The molecular weight excluding hydrogens is 212 g/mol. The molecule has 1 aromatic rings. The van der Waals surface area contributed by atoms with Gasteiger partial charge in [0.15, 0.2) is 0 Å². The summed E-state index contributed by atoms with van der Waals surface area (Å²) in [5.74, 6) is 0. The Bertz CT molecular complexity index is 258. The van der Waals surface area contributed by atoms with Crippen LogP contribution >= 0.6 is 0 Å². The Morgan fingerprint density at radius 3 is 2.65 bits per heavy atom. The smallest absolute Gasteiger partial charge is 0.0993 e. The van der Waals surface area contributed by atoms with Crippen molar-refractivity contribution in [1.29, 1.82) is 0 Å². The van der Waals surface area contributed by atoms with E-state index in [1.807, 2.05) is 6.20 Å². The maximum Gasteiger partial charge on any atom is 0.0993 e. The summed E-state index contributed by atoms with van der Waals surface area (Å²) >= 11 is 0. The van der Waals surface area contributed by atoms with E-state index in [1.54, 1.807) is 0 Å². The van der Waals surface area contributed by atoms with E-state index in [0.29, 0.717) is 6.04 Å². The summed E-state index contributed by atoms with van der Waals surface area (Å²) in [5, 5.41) is 14.3. The lowest BCUT2D eigenvalue weighted by atomic mass is 10.0. The highest BCUT2D eigenvalue weighted by atomic mass is 15.3. The Kier molecular flexibility index (Phi) is 7.63. The van der Waals surface area contributed by atoms with Crippen LogP contribution in [-0.2, 0) is 0 Å². The van der Waals surface area contributed by atoms with Crippen molar-refractivity contribution in [3.8, 4) is 0 Å². The van der Waals surface area contributed by atoms with Crippen molar-refractivity contribution in [2.24, 2.45) is 0 Å². The van der Waals surface area contributed by atoms with E-state index in [-0.39, 0.29) is 0 Å². The largest absolute Gasteiger partial charge is 0.309 e. The van der Waals surface area contributed by atoms with Crippen molar-refractivity contribution >= 4 is 0 Å². The van der Waals surface area contributed by atoms with Crippen molar-refractivity contribution in [2.75, 3.05) is 6.54 Å². The third-order valence-electron chi connectivity index (χ3n) is 3.03. The van der Waals surface area contributed by atoms with Crippen LogP contribution in [0.5, 0.6) is 0 Å². The van der Waals surface area contributed by atoms with Crippen LogP contribution in [0.25, 0.3) is 0 Å². The molecule has 0 aromatic carbocycles. The first kappa shape index (κ1) is 14.2. The number of nitrogens with one attached hydrogen (secondary N) is 2. The molecule has 0 bridgehead atoms. The van der Waals surface area contributed by atoms with Crippen molar-refractivity contribution in [2.45, 2.75) is 64.8 Å². The number of unbranched alkanes of at least 4 members (excludes halogenated alkanes) is 4. The van der Waals surface area contributed by atoms with Gasteiger partial charge in [-0.25, -0.2) is 0 Å². The highest BCUT2D eigenvalue weighted by molar-refractivity contribution is 4.99. The molecule has 0 amide bonds. The standard InChI is InChI=1S/C13H26N4/c1-3-5-6-7-8-9-12(14-10-4-2)13-11-15-17-16-13/h11-12,14H,3-10H2,1-2H3,(H,15,16,17). The first-order chi connectivity index (χ1) is 8.38. The lowest BCUT2D eigenvalue weighted by Crippen LogP contribution is -2.22. The summed E-state index contributed by atoms with van der Waals surface area (Å²) in [7, 11) is 0. The van der Waals surface area contributed by atoms with Crippen molar-refractivity contribution in [3.05, 3.63) is 11.9 Å². The number of aromatic nitrogens is 3. The second kappa shape index (κ2) is 9.16. The third-order valence-corrected chi connectivity index (χ3v) is 3.03. The molecule has 4 heteroatoms. The van der Waals surface area contributed by atoms with Crippen LogP contribution in [0.4, 0.5) is 0 Å². The lowest BCUT2D eigenvalue weighted by Gasteiger charge is -2.15. The molecule has 0 fully saturated rings. The molecule has 1 unspecified atom stereocenters. The zero-order valence-electron chi connectivity index (χ0n) is 11.2. The molecule has 1 atom stereocenters. The maximum absolute atomic E-state index is 4.19. The number of hydrogen-bond acceptors (Lipinski definition) is 3. The van der Waals surface area contributed by atoms with Gasteiger partial charge in [0.25, 0.3) is 0 Å². The van der Waals surface area contributed by atoms with Crippen LogP contribution in [0.2, 0.25) is 0 Å². The van der Waals surface area contributed by atoms with Gasteiger partial charge in [0.2, 0.25) is 0 Å². The van der Waals surface area contributed by atoms with Crippen LogP contribution in [0, 0.1) is 0 Å². The molecule has 2 N–H and O–H groups in total. The normalized spacial score (nSPS) is 12.8. The van der Waals surface area contributed by atoms with Crippen molar-refractivity contribution in [3.63, 3.8) is 0 Å². The predicted molar refractivity (Wildman–Crippen MR) is 70.8 cm³/mol. The number of rotatable bonds is 10. The highest BCUT2D eigenvalue weighted by Crippen LogP contribution is 2.17. The number of aromatic amines is 1. The SMILES string of the molecule is CCCCCCCC(NCCC)c1cn[nH]n1. The van der Waals surface area contributed by atoms with Gasteiger partial charge in [-0.3, -0.25) is 0 Å². The molecule has 1 aromatic heterocycles. The summed E-state index contributed by atoms with van der Waals surface area (Å²) in [4.78, 5) is 0. The van der Waals surface area contributed by atoms with Gasteiger partial charge in [-0.1, -0.05) is 46.0 Å². The minimum atomic E-state index is 0.371. The van der Waals surface area contributed by atoms with Crippen LogP contribution in [0.3, 0.4) is 0 Å². The van der Waals surface area contributed by atoms with Crippen molar-refractivity contribution in [1.82, 2.24) is 20.7 Å². The van der Waals surface area contributed by atoms with Gasteiger partial charge in [0.1, 0.15) is 0 Å². The second-order valence-corrected chi connectivity index (χ2v) is 4.60. The lowest BCUT2D eigenvalue weighted by molar-refractivity contribution is 0.459. The predicted octanol–water partition coefficient (Wildman–Crippen LogP) is 3.21. The zero-order chi connectivity index (χ0) is 12.3. The zero-order valence-corrected chi connectivity index (χ0v) is 11.2. The number of hydrogen-bond donors (Lipinski definition) is 2. The van der Waals surface area contributed by atoms with E-state index in [1.165, 1.54) is 32.1 Å². The van der Waals surface area contributed by atoms with Crippen LogP contribution in [-0.4, -0.2) is 22.0 Å². The van der Waals surface area contributed by atoms with E-state index in [2.05, 4.69) is 34.6 Å². The van der Waals surface area contributed by atoms with E-state index >= 15 is 0 Å². The van der Waals surface area contributed by atoms with Gasteiger partial charge in [-0.05, 0) is 19.4 Å². The fourth-order valence-corrected chi connectivity index (χ4v) is 2.00. The second-order valence-electron chi connectivity index (χ2n) is 4.60. The van der Waals surface area contributed by atoms with E-state index < -0.39 is 0 Å². The minimum absolute atomic E-state index is 0.371.